The Morgan fingerprint density at radius 1 is 1.45 bits per heavy atom. The molecule has 1 amide bonds. The zero-order valence-electron chi connectivity index (χ0n) is 12.3. The zero-order chi connectivity index (χ0) is 14.9. The van der Waals surface area contributed by atoms with Crippen molar-refractivity contribution < 1.29 is 9.18 Å². The Balaban J connectivity index is 2.16. The molecule has 0 aliphatic carbocycles. The van der Waals surface area contributed by atoms with Crippen molar-refractivity contribution in [1.29, 1.82) is 0 Å². The molecule has 1 heterocycles. The van der Waals surface area contributed by atoms with Gasteiger partial charge in [0.2, 0.25) is 0 Å². The summed E-state index contributed by atoms with van der Waals surface area (Å²) in [5.41, 5.74) is 6.80. The van der Waals surface area contributed by atoms with Crippen molar-refractivity contribution in [2.75, 3.05) is 31.9 Å². The SMILES string of the molecule is CCN1CCN(C(=O)c2cc(N)c(C)c(F)c2)CC1C. The molecule has 5 heteroatoms. The molecule has 1 fully saturated rings. The second kappa shape index (κ2) is 5.79. The third kappa shape index (κ3) is 2.77. The quantitative estimate of drug-likeness (QED) is 0.841. The summed E-state index contributed by atoms with van der Waals surface area (Å²) >= 11 is 0. The van der Waals surface area contributed by atoms with E-state index in [9.17, 15) is 9.18 Å². The van der Waals surface area contributed by atoms with Crippen LogP contribution in [0.3, 0.4) is 0 Å². The van der Waals surface area contributed by atoms with Crippen LogP contribution in [-0.4, -0.2) is 47.9 Å². The first kappa shape index (κ1) is 14.8. The van der Waals surface area contributed by atoms with Crippen LogP contribution in [0, 0.1) is 12.7 Å². The second-order valence-corrected chi connectivity index (χ2v) is 5.40. The molecule has 4 nitrogen and oxygen atoms in total. The molecule has 1 atom stereocenters. The summed E-state index contributed by atoms with van der Waals surface area (Å²) in [7, 11) is 0. The Kier molecular flexibility index (Phi) is 4.28. The number of hydrogen-bond donors (Lipinski definition) is 1. The van der Waals surface area contributed by atoms with E-state index >= 15 is 0 Å². The van der Waals surface area contributed by atoms with Crippen LogP contribution in [0.25, 0.3) is 0 Å². The predicted octanol–water partition coefficient (Wildman–Crippen LogP) is 1.88. The largest absolute Gasteiger partial charge is 0.398 e. The Hall–Kier alpha value is -1.62. The predicted molar refractivity (Wildman–Crippen MR) is 78.2 cm³/mol. The highest BCUT2D eigenvalue weighted by molar-refractivity contribution is 5.95. The molecule has 1 aliphatic rings. The van der Waals surface area contributed by atoms with Gasteiger partial charge in [0.05, 0.1) is 0 Å². The number of piperazine rings is 1. The molecule has 0 saturated carbocycles. The van der Waals surface area contributed by atoms with Crippen molar-refractivity contribution in [1.82, 2.24) is 9.80 Å². The lowest BCUT2D eigenvalue weighted by atomic mass is 10.1. The molecule has 0 radical (unpaired) electrons. The number of carbonyl (C=O) groups excluding carboxylic acids is 1. The van der Waals surface area contributed by atoms with Crippen molar-refractivity contribution >= 4 is 11.6 Å². The minimum absolute atomic E-state index is 0.141. The summed E-state index contributed by atoms with van der Waals surface area (Å²) < 4.78 is 13.7. The molecular formula is C15H22FN3O. The highest BCUT2D eigenvalue weighted by atomic mass is 19.1. The number of amides is 1. The maximum absolute atomic E-state index is 13.7. The van der Waals surface area contributed by atoms with E-state index < -0.39 is 5.82 Å². The van der Waals surface area contributed by atoms with Crippen LogP contribution < -0.4 is 5.73 Å². The normalized spacial score (nSPS) is 20.2. The third-order valence-electron chi connectivity index (χ3n) is 4.09. The van der Waals surface area contributed by atoms with Crippen LogP contribution in [0.2, 0.25) is 0 Å². The lowest BCUT2D eigenvalue weighted by molar-refractivity contribution is 0.0528. The van der Waals surface area contributed by atoms with Gasteiger partial charge in [-0.2, -0.15) is 0 Å². The van der Waals surface area contributed by atoms with Crippen molar-refractivity contribution in [3.05, 3.63) is 29.1 Å². The first-order valence-electron chi connectivity index (χ1n) is 7.03. The molecule has 1 unspecified atom stereocenters. The van der Waals surface area contributed by atoms with E-state index in [1.165, 1.54) is 6.07 Å². The van der Waals surface area contributed by atoms with E-state index in [-0.39, 0.29) is 5.91 Å². The van der Waals surface area contributed by atoms with Gasteiger partial charge in [-0.1, -0.05) is 6.92 Å². The van der Waals surface area contributed by atoms with Gasteiger partial charge in [-0.05, 0) is 32.5 Å². The van der Waals surface area contributed by atoms with Gasteiger partial charge in [-0.15, -0.1) is 0 Å². The van der Waals surface area contributed by atoms with E-state index in [0.717, 1.165) is 13.1 Å². The van der Waals surface area contributed by atoms with Crippen LogP contribution in [0.15, 0.2) is 12.1 Å². The fourth-order valence-corrected chi connectivity index (χ4v) is 2.66. The molecule has 1 aliphatic heterocycles. The average Bonchev–Trinajstić information content (AvgIpc) is 2.43. The van der Waals surface area contributed by atoms with Gasteiger partial charge in [0, 0.05) is 42.5 Å². The molecule has 2 rings (SSSR count). The molecule has 0 aromatic heterocycles. The Morgan fingerprint density at radius 3 is 2.70 bits per heavy atom. The zero-order valence-corrected chi connectivity index (χ0v) is 12.3. The number of carbonyl (C=O) groups is 1. The number of hydrogen-bond acceptors (Lipinski definition) is 3. The summed E-state index contributed by atoms with van der Waals surface area (Å²) in [6.45, 7) is 9.01. The monoisotopic (exact) mass is 279 g/mol. The van der Waals surface area contributed by atoms with Gasteiger partial charge < -0.3 is 10.6 Å². The average molecular weight is 279 g/mol. The number of benzene rings is 1. The van der Waals surface area contributed by atoms with Gasteiger partial charge in [0.15, 0.2) is 0 Å². The van der Waals surface area contributed by atoms with Crippen LogP contribution >= 0.6 is 0 Å². The number of likely N-dealkylation sites (N-methyl/N-ethyl adjacent to an activating group) is 1. The fraction of sp³-hybridized carbons (Fsp3) is 0.533. The van der Waals surface area contributed by atoms with Crippen LogP contribution in [0.1, 0.15) is 29.8 Å². The lowest BCUT2D eigenvalue weighted by Gasteiger charge is -2.39. The lowest BCUT2D eigenvalue weighted by Crippen LogP contribution is -2.53. The Bertz CT molecular complexity index is 495. The van der Waals surface area contributed by atoms with Gasteiger partial charge >= 0.3 is 0 Å². The summed E-state index contributed by atoms with van der Waals surface area (Å²) in [4.78, 5) is 16.5. The van der Waals surface area contributed by atoms with Crippen molar-refractivity contribution in [3.63, 3.8) is 0 Å². The first-order valence-corrected chi connectivity index (χ1v) is 7.03. The Labute approximate surface area is 119 Å². The second-order valence-electron chi connectivity index (χ2n) is 5.40. The van der Waals surface area contributed by atoms with Crippen LogP contribution in [-0.2, 0) is 0 Å². The van der Waals surface area contributed by atoms with Gasteiger partial charge in [0.25, 0.3) is 5.91 Å². The van der Waals surface area contributed by atoms with E-state index in [4.69, 9.17) is 5.73 Å². The van der Waals surface area contributed by atoms with Gasteiger partial charge in [-0.3, -0.25) is 9.69 Å². The number of anilines is 1. The molecule has 1 saturated heterocycles. The molecular weight excluding hydrogens is 257 g/mol. The number of nitrogens with zero attached hydrogens (tertiary/aromatic N) is 2. The summed E-state index contributed by atoms with van der Waals surface area (Å²) in [5.74, 6) is -0.563. The third-order valence-corrected chi connectivity index (χ3v) is 4.09. The molecule has 1 aromatic rings. The van der Waals surface area contributed by atoms with Crippen LogP contribution in [0.4, 0.5) is 10.1 Å². The van der Waals surface area contributed by atoms with E-state index in [2.05, 4.69) is 18.7 Å². The molecule has 0 spiro atoms. The summed E-state index contributed by atoms with van der Waals surface area (Å²) in [6, 6.07) is 3.17. The molecule has 0 bridgehead atoms. The fourth-order valence-electron chi connectivity index (χ4n) is 2.66. The summed E-state index contributed by atoms with van der Waals surface area (Å²) in [5, 5.41) is 0. The Morgan fingerprint density at radius 2 is 2.15 bits per heavy atom. The van der Waals surface area contributed by atoms with Crippen molar-refractivity contribution in [2.45, 2.75) is 26.8 Å². The van der Waals surface area contributed by atoms with E-state index in [0.29, 0.717) is 35.9 Å². The molecule has 20 heavy (non-hydrogen) atoms. The van der Waals surface area contributed by atoms with E-state index in [1.54, 1.807) is 17.9 Å². The minimum Gasteiger partial charge on any atom is -0.398 e. The van der Waals surface area contributed by atoms with Crippen LogP contribution in [0.5, 0.6) is 0 Å². The highest BCUT2D eigenvalue weighted by Crippen LogP contribution is 2.20. The first-order chi connectivity index (χ1) is 9.43. The standard InChI is InChI=1S/C15H22FN3O/c1-4-18-5-6-19(9-10(18)2)15(20)12-7-13(16)11(3)14(17)8-12/h7-8,10H,4-6,9,17H2,1-3H3. The smallest absolute Gasteiger partial charge is 0.254 e. The summed E-state index contributed by atoms with van der Waals surface area (Å²) in [6.07, 6.45) is 0. The van der Waals surface area contributed by atoms with Crippen molar-refractivity contribution in [3.8, 4) is 0 Å². The minimum atomic E-state index is -0.423. The maximum atomic E-state index is 13.7. The highest BCUT2D eigenvalue weighted by Gasteiger charge is 2.26. The number of halogens is 1. The number of nitrogens with two attached hydrogens (primary N) is 1. The van der Waals surface area contributed by atoms with E-state index in [1.807, 2.05) is 0 Å². The number of nitrogen functional groups attached to an aromatic ring is 1. The number of rotatable bonds is 2. The molecule has 1 aromatic carbocycles. The molecule has 110 valence electrons. The maximum Gasteiger partial charge on any atom is 0.254 e. The van der Waals surface area contributed by atoms with Gasteiger partial charge in [0.1, 0.15) is 5.82 Å². The molecule has 2 N–H and O–H groups in total. The van der Waals surface area contributed by atoms with Gasteiger partial charge in [-0.25, -0.2) is 4.39 Å². The van der Waals surface area contributed by atoms with Crippen molar-refractivity contribution in [2.24, 2.45) is 0 Å². The topological polar surface area (TPSA) is 49.6 Å².